The van der Waals surface area contributed by atoms with E-state index in [1.165, 1.54) is 12.3 Å². The Kier molecular flexibility index (Phi) is 3.73. The molecule has 0 aliphatic rings. The summed E-state index contributed by atoms with van der Waals surface area (Å²) in [6.45, 7) is 0. The highest BCUT2D eigenvalue weighted by atomic mass is 16.2. The fourth-order valence-electron chi connectivity index (χ4n) is 1.63. The molecule has 0 saturated carbocycles. The van der Waals surface area contributed by atoms with Crippen LogP contribution in [0.4, 0.5) is 10.7 Å². The van der Waals surface area contributed by atoms with Crippen molar-refractivity contribution in [3.05, 3.63) is 34.5 Å². The molecule has 0 aromatic carbocycles. The fourth-order valence-corrected chi connectivity index (χ4v) is 1.63. The quantitative estimate of drug-likeness (QED) is 0.559. The number of nitrogens with one attached hydrogen (secondary N) is 3. The highest BCUT2D eigenvalue weighted by Gasteiger charge is 2.15. The van der Waals surface area contributed by atoms with Gasteiger partial charge in [0.1, 0.15) is 17.3 Å². The van der Waals surface area contributed by atoms with Gasteiger partial charge in [-0.2, -0.15) is 0 Å². The van der Waals surface area contributed by atoms with E-state index in [0.29, 0.717) is 5.82 Å². The number of allylic oxidation sites excluding steroid dienone is 1. The van der Waals surface area contributed by atoms with Crippen LogP contribution in [0.5, 0.6) is 0 Å². The van der Waals surface area contributed by atoms with E-state index in [4.69, 9.17) is 5.73 Å². The molecule has 9 heteroatoms. The number of urea groups is 1. The van der Waals surface area contributed by atoms with E-state index in [0.717, 1.165) is 0 Å². The molecule has 20 heavy (non-hydrogen) atoms. The van der Waals surface area contributed by atoms with Gasteiger partial charge >= 0.3 is 6.03 Å². The molecule has 2 aromatic rings. The van der Waals surface area contributed by atoms with Crippen molar-refractivity contribution in [3.63, 3.8) is 0 Å². The SMILES string of the molecule is NC(=O)Nc1nc(CC=C=O)c(-c2ncc[nH]2)c(=O)[nH]1. The summed E-state index contributed by atoms with van der Waals surface area (Å²) >= 11 is 0. The highest BCUT2D eigenvalue weighted by Crippen LogP contribution is 2.15. The molecule has 0 atom stereocenters. The van der Waals surface area contributed by atoms with Gasteiger partial charge in [-0.15, -0.1) is 0 Å². The summed E-state index contributed by atoms with van der Waals surface area (Å²) in [4.78, 5) is 46.3. The Morgan fingerprint density at radius 3 is 2.95 bits per heavy atom. The largest absolute Gasteiger partial charge is 0.351 e. The van der Waals surface area contributed by atoms with Gasteiger partial charge < -0.3 is 10.7 Å². The van der Waals surface area contributed by atoms with Crippen LogP contribution in [-0.2, 0) is 11.2 Å². The van der Waals surface area contributed by atoms with Crippen LogP contribution < -0.4 is 16.6 Å². The third-order valence-corrected chi connectivity index (χ3v) is 2.35. The molecule has 0 aliphatic heterocycles. The lowest BCUT2D eigenvalue weighted by atomic mass is 10.1. The Morgan fingerprint density at radius 1 is 1.55 bits per heavy atom. The van der Waals surface area contributed by atoms with Gasteiger partial charge in [-0.3, -0.25) is 15.1 Å². The first-order valence-corrected chi connectivity index (χ1v) is 5.50. The maximum absolute atomic E-state index is 12.0. The van der Waals surface area contributed by atoms with E-state index in [2.05, 4.69) is 25.3 Å². The van der Waals surface area contributed by atoms with Gasteiger partial charge in [-0.1, -0.05) is 0 Å². The van der Waals surface area contributed by atoms with Gasteiger partial charge in [0.15, 0.2) is 0 Å². The van der Waals surface area contributed by atoms with Gasteiger partial charge in [0.2, 0.25) is 5.95 Å². The van der Waals surface area contributed by atoms with E-state index >= 15 is 0 Å². The number of H-pyrrole nitrogens is 2. The zero-order chi connectivity index (χ0) is 14.5. The number of carbonyl (C=O) groups excluding carboxylic acids is 2. The monoisotopic (exact) mass is 274 g/mol. The molecule has 2 rings (SSSR count). The van der Waals surface area contributed by atoms with Crippen LogP contribution in [0, 0.1) is 0 Å². The lowest BCUT2D eigenvalue weighted by Crippen LogP contribution is -2.25. The van der Waals surface area contributed by atoms with Crippen molar-refractivity contribution in [1.82, 2.24) is 19.9 Å². The molecule has 0 unspecified atom stereocenters. The Morgan fingerprint density at radius 2 is 2.35 bits per heavy atom. The van der Waals surface area contributed by atoms with E-state index < -0.39 is 11.6 Å². The van der Waals surface area contributed by atoms with Gasteiger partial charge in [0, 0.05) is 24.9 Å². The number of carbonyl (C=O) groups is 1. The first kappa shape index (κ1) is 13.2. The topological polar surface area (TPSA) is 147 Å². The minimum absolute atomic E-state index is 0.0664. The van der Waals surface area contributed by atoms with Crippen molar-refractivity contribution in [1.29, 1.82) is 0 Å². The van der Waals surface area contributed by atoms with Crippen molar-refractivity contribution in [2.24, 2.45) is 5.73 Å². The second kappa shape index (κ2) is 5.63. The number of hydrogen-bond acceptors (Lipinski definition) is 5. The fraction of sp³-hybridized carbons (Fsp3) is 0.0909. The number of amides is 2. The highest BCUT2D eigenvalue weighted by molar-refractivity contribution is 5.85. The van der Waals surface area contributed by atoms with Crippen LogP contribution >= 0.6 is 0 Å². The number of hydrogen-bond donors (Lipinski definition) is 4. The van der Waals surface area contributed by atoms with E-state index in [-0.39, 0.29) is 23.6 Å². The third kappa shape index (κ3) is 2.79. The molecule has 0 spiro atoms. The molecule has 0 fully saturated rings. The normalized spacial score (nSPS) is 9.80. The Hall–Kier alpha value is -3.19. The molecule has 2 amide bonds. The van der Waals surface area contributed by atoms with Crippen molar-refractivity contribution in [2.75, 3.05) is 5.32 Å². The average molecular weight is 274 g/mol. The summed E-state index contributed by atoms with van der Waals surface area (Å²) in [7, 11) is 0. The van der Waals surface area contributed by atoms with Crippen LogP contribution in [0.15, 0.2) is 23.3 Å². The van der Waals surface area contributed by atoms with Gasteiger partial charge in [-0.25, -0.2) is 19.6 Å². The minimum atomic E-state index is -0.865. The maximum Gasteiger partial charge on any atom is 0.318 e. The predicted molar refractivity (Wildman–Crippen MR) is 69.6 cm³/mol. The Labute approximate surface area is 112 Å². The number of anilines is 1. The average Bonchev–Trinajstić information content (AvgIpc) is 2.88. The summed E-state index contributed by atoms with van der Waals surface area (Å²) in [6.07, 6.45) is 4.26. The molecule has 0 saturated heterocycles. The lowest BCUT2D eigenvalue weighted by Gasteiger charge is -2.06. The first-order valence-electron chi connectivity index (χ1n) is 5.50. The zero-order valence-electron chi connectivity index (χ0n) is 10.1. The Bertz CT molecular complexity index is 727. The molecule has 0 bridgehead atoms. The number of aromatic nitrogens is 4. The van der Waals surface area contributed by atoms with Crippen molar-refractivity contribution >= 4 is 17.9 Å². The first-order chi connectivity index (χ1) is 9.61. The molecule has 0 radical (unpaired) electrons. The number of nitrogens with zero attached hydrogens (tertiary/aromatic N) is 2. The molecule has 2 heterocycles. The third-order valence-electron chi connectivity index (χ3n) is 2.35. The summed E-state index contributed by atoms with van der Waals surface area (Å²) in [6, 6.07) is -0.865. The molecule has 2 aromatic heterocycles. The maximum atomic E-state index is 12.0. The van der Waals surface area contributed by atoms with Crippen LogP contribution in [-0.4, -0.2) is 31.9 Å². The minimum Gasteiger partial charge on any atom is -0.351 e. The Balaban J connectivity index is 2.57. The summed E-state index contributed by atoms with van der Waals surface area (Å²) < 4.78 is 0. The van der Waals surface area contributed by atoms with E-state index in [1.807, 2.05) is 0 Å². The zero-order valence-corrected chi connectivity index (χ0v) is 10.1. The standard InChI is InChI=1S/C11H10N6O3/c12-10(20)17-11-15-6(2-1-5-18)7(9(19)16-11)8-13-3-4-14-8/h1,3-4H,2H2,(H,13,14)(H4,12,15,16,17,19,20). The summed E-state index contributed by atoms with van der Waals surface area (Å²) in [5.41, 5.74) is 4.87. The number of aromatic amines is 2. The lowest BCUT2D eigenvalue weighted by molar-refractivity contribution is 0.259. The summed E-state index contributed by atoms with van der Waals surface area (Å²) in [5, 5.41) is 2.16. The van der Waals surface area contributed by atoms with Crippen molar-refractivity contribution in [2.45, 2.75) is 6.42 Å². The van der Waals surface area contributed by atoms with Gasteiger partial charge in [0.05, 0.1) is 5.69 Å². The second-order valence-corrected chi connectivity index (χ2v) is 3.69. The predicted octanol–water partition coefficient (Wildman–Crippen LogP) is -0.419. The van der Waals surface area contributed by atoms with Crippen LogP contribution in [0.2, 0.25) is 0 Å². The second-order valence-electron chi connectivity index (χ2n) is 3.69. The van der Waals surface area contributed by atoms with Crippen molar-refractivity contribution in [3.8, 4) is 11.4 Å². The van der Waals surface area contributed by atoms with Gasteiger partial charge in [-0.05, 0) is 0 Å². The van der Waals surface area contributed by atoms with Crippen LogP contribution in [0.25, 0.3) is 11.4 Å². The van der Waals surface area contributed by atoms with E-state index in [1.54, 1.807) is 12.1 Å². The molecule has 5 N–H and O–H groups in total. The molecule has 102 valence electrons. The summed E-state index contributed by atoms with van der Waals surface area (Å²) in [5.74, 6) is 1.80. The number of rotatable bonds is 4. The number of primary amides is 1. The molecular formula is C11H10N6O3. The molecular weight excluding hydrogens is 264 g/mol. The van der Waals surface area contributed by atoms with Crippen LogP contribution in [0.1, 0.15) is 5.69 Å². The molecule has 9 nitrogen and oxygen atoms in total. The number of imidazole rings is 1. The van der Waals surface area contributed by atoms with Crippen LogP contribution in [0.3, 0.4) is 0 Å². The van der Waals surface area contributed by atoms with Crippen molar-refractivity contribution < 1.29 is 9.59 Å². The number of nitrogens with two attached hydrogens (primary N) is 1. The molecule has 0 aliphatic carbocycles. The van der Waals surface area contributed by atoms with Gasteiger partial charge in [0.25, 0.3) is 5.56 Å². The van der Waals surface area contributed by atoms with E-state index in [9.17, 15) is 14.4 Å². The smallest absolute Gasteiger partial charge is 0.318 e.